The van der Waals surface area contributed by atoms with Crippen molar-refractivity contribution in [3.05, 3.63) is 57.3 Å². The molecule has 14 heavy (non-hydrogen) atoms. The summed E-state index contributed by atoms with van der Waals surface area (Å²) in [6.07, 6.45) is 3.33. The van der Waals surface area contributed by atoms with Crippen LogP contribution in [0.15, 0.2) is 51.7 Å². The monoisotopic (exact) mass is 266 g/mol. The highest BCUT2D eigenvalue weighted by molar-refractivity contribution is 9.11. The lowest BCUT2D eigenvalue weighted by atomic mass is 9.99. The fraction of sp³-hybridized carbons (Fsp3) is 0.167. The molecule has 1 heterocycles. The minimum atomic E-state index is 0.513. The maximum Gasteiger partial charge on any atom is 0.0138 e. The summed E-state index contributed by atoms with van der Waals surface area (Å²) in [4.78, 5) is 0. The molecule has 1 aromatic rings. The minimum absolute atomic E-state index is 0.513. The van der Waals surface area contributed by atoms with E-state index in [1.54, 1.807) is 11.8 Å². The standard InChI is InChI=1S/C12H11BrS/c13-12-9-14-7-6-11(12)8-10-4-2-1-3-5-10/h1-7,9,11H,8H2. The van der Waals surface area contributed by atoms with Crippen molar-refractivity contribution in [2.24, 2.45) is 5.92 Å². The molecule has 0 amide bonds. The van der Waals surface area contributed by atoms with Gasteiger partial charge < -0.3 is 0 Å². The molecule has 0 saturated heterocycles. The Morgan fingerprint density at radius 3 is 2.71 bits per heavy atom. The molecule has 1 aliphatic rings. The number of rotatable bonds is 2. The minimum Gasteiger partial charge on any atom is -0.106 e. The smallest absolute Gasteiger partial charge is 0.0138 e. The number of halogens is 1. The van der Waals surface area contributed by atoms with Crippen molar-refractivity contribution in [3.63, 3.8) is 0 Å². The van der Waals surface area contributed by atoms with E-state index in [4.69, 9.17) is 0 Å². The second-order valence-electron chi connectivity index (χ2n) is 3.26. The van der Waals surface area contributed by atoms with Crippen LogP contribution in [-0.2, 0) is 6.42 Å². The third-order valence-electron chi connectivity index (χ3n) is 2.22. The summed E-state index contributed by atoms with van der Waals surface area (Å²) in [6.45, 7) is 0. The molecule has 72 valence electrons. The van der Waals surface area contributed by atoms with E-state index in [0.29, 0.717) is 5.92 Å². The van der Waals surface area contributed by atoms with Gasteiger partial charge in [0, 0.05) is 10.4 Å². The van der Waals surface area contributed by atoms with Crippen molar-refractivity contribution in [2.75, 3.05) is 0 Å². The highest BCUT2D eigenvalue weighted by Crippen LogP contribution is 2.31. The van der Waals surface area contributed by atoms with Crippen LogP contribution in [0.3, 0.4) is 0 Å². The Morgan fingerprint density at radius 2 is 2.00 bits per heavy atom. The Balaban J connectivity index is 2.08. The Kier molecular flexibility index (Phi) is 3.49. The summed E-state index contributed by atoms with van der Waals surface area (Å²) >= 11 is 5.33. The predicted molar refractivity (Wildman–Crippen MR) is 67.4 cm³/mol. The SMILES string of the molecule is BrC1=CSC=CC1Cc1ccccc1. The molecule has 1 atom stereocenters. The van der Waals surface area contributed by atoms with Gasteiger partial charge in [-0.15, -0.1) is 11.8 Å². The Hall–Kier alpha value is -0.470. The first kappa shape index (κ1) is 10.1. The van der Waals surface area contributed by atoms with Crippen molar-refractivity contribution in [3.8, 4) is 0 Å². The fourth-order valence-electron chi connectivity index (χ4n) is 1.46. The number of thioether (sulfide) groups is 1. The molecule has 0 bridgehead atoms. The lowest BCUT2D eigenvalue weighted by Gasteiger charge is -2.14. The van der Waals surface area contributed by atoms with E-state index in [-0.39, 0.29) is 0 Å². The number of benzene rings is 1. The second kappa shape index (κ2) is 4.85. The van der Waals surface area contributed by atoms with Crippen molar-refractivity contribution < 1.29 is 0 Å². The molecule has 0 saturated carbocycles. The van der Waals surface area contributed by atoms with Crippen LogP contribution in [0.1, 0.15) is 5.56 Å². The van der Waals surface area contributed by atoms with Gasteiger partial charge >= 0.3 is 0 Å². The van der Waals surface area contributed by atoms with E-state index in [1.807, 2.05) is 0 Å². The van der Waals surface area contributed by atoms with Crippen LogP contribution in [0.4, 0.5) is 0 Å². The van der Waals surface area contributed by atoms with Gasteiger partial charge in [-0.05, 0) is 22.8 Å². The lowest BCUT2D eigenvalue weighted by molar-refractivity contribution is 0.797. The summed E-state index contributed by atoms with van der Waals surface area (Å²) in [5.41, 5.74) is 1.39. The lowest BCUT2D eigenvalue weighted by Crippen LogP contribution is -2.02. The van der Waals surface area contributed by atoms with Gasteiger partial charge in [-0.25, -0.2) is 0 Å². The molecule has 0 fully saturated rings. The molecular formula is C12H11BrS. The van der Waals surface area contributed by atoms with E-state index in [9.17, 15) is 0 Å². The zero-order valence-corrected chi connectivity index (χ0v) is 10.1. The van der Waals surface area contributed by atoms with Gasteiger partial charge in [0.15, 0.2) is 0 Å². The molecule has 0 N–H and O–H groups in total. The van der Waals surface area contributed by atoms with Crippen LogP contribution < -0.4 is 0 Å². The summed E-state index contributed by atoms with van der Waals surface area (Å²) in [5.74, 6) is 0.513. The molecule has 0 nitrogen and oxygen atoms in total. The predicted octanol–water partition coefficient (Wildman–Crippen LogP) is 4.34. The molecule has 0 aromatic heterocycles. The molecule has 0 aliphatic carbocycles. The van der Waals surface area contributed by atoms with Crippen LogP contribution in [0.5, 0.6) is 0 Å². The van der Waals surface area contributed by atoms with Crippen molar-refractivity contribution in [1.29, 1.82) is 0 Å². The molecule has 1 aliphatic heterocycles. The van der Waals surface area contributed by atoms with E-state index < -0.39 is 0 Å². The van der Waals surface area contributed by atoms with E-state index in [0.717, 1.165) is 6.42 Å². The van der Waals surface area contributed by atoms with Crippen molar-refractivity contribution >= 4 is 27.7 Å². The quantitative estimate of drug-likeness (QED) is 0.768. The molecule has 2 rings (SSSR count). The molecular weight excluding hydrogens is 256 g/mol. The first-order valence-corrected chi connectivity index (χ1v) is 6.31. The summed E-state index contributed by atoms with van der Waals surface area (Å²) < 4.78 is 1.29. The molecule has 1 aromatic carbocycles. The normalized spacial score (nSPS) is 20.6. The van der Waals surface area contributed by atoms with Gasteiger partial charge in [0.1, 0.15) is 0 Å². The number of hydrogen-bond acceptors (Lipinski definition) is 1. The highest BCUT2D eigenvalue weighted by atomic mass is 79.9. The maximum atomic E-state index is 3.60. The molecule has 1 unspecified atom stereocenters. The zero-order valence-electron chi connectivity index (χ0n) is 7.69. The van der Waals surface area contributed by atoms with E-state index in [2.05, 4.69) is 63.2 Å². The second-order valence-corrected chi connectivity index (χ2v) is 4.96. The van der Waals surface area contributed by atoms with Gasteiger partial charge in [-0.2, -0.15) is 0 Å². The van der Waals surface area contributed by atoms with E-state index >= 15 is 0 Å². The number of allylic oxidation sites excluding steroid dienone is 2. The van der Waals surface area contributed by atoms with Crippen LogP contribution >= 0.6 is 27.7 Å². The maximum absolute atomic E-state index is 3.60. The topological polar surface area (TPSA) is 0 Å². The van der Waals surface area contributed by atoms with Crippen LogP contribution in [0.2, 0.25) is 0 Å². The highest BCUT2D eigenvalue weighted by Gasteiger charge is 2.11. The summed E-state index contributed by atoms with van der Waals surface area (Å²) in [7, 11) is 0. The van der Waals surface area contributed by atoms with Crippen LogP contribution in [0.25, 0.3) is 0 Å². The Morgan fingerprint density at radius 1 is 1.21 bits per heavy atom. The third kappa shape index (κ3) is 2.52. The van der Waals surface area contributed by atoms with Gasteiger partial charge in [-0.1, -0.05) is 52.3 Å². The zero-order chi connectivity index (χ0) is 9.80. The van der Waals surface area contributed by atoms with Gasteiger partial charge in [0.25, 0.3) is 0 Å². The van der Waals surface area contributed by atoms with Gasteiger partial charge in [0.05, 0.1) is 0 Å². The first-order chi connectivity index (χ1) is 6.86. The third-order valence-corrected chi connectivity index (χ3v) is 4.05. The Bertz CT molecular complexity index is 354. The van der Waals surface area contributed by atoms with Gasteiger partial charge in [0.2, 0.25) is 0 Å². The van der Waals surface area contributed by atoms with Crippen molar-refractivity contribution in [2.45, 2.75) is 6.42 Å². The average molecular weight is 267 g/mol. The molecule has 2 heteroatoms. The fourth-order valence-corrected chi connectivity index (χ4v) is 2.76. The Labute approximate surface area is 97.2 Å². The van der Waals surface area contributed by atoms with E-state index in [1.165, 1.54) is 10.0 Å². The molecule has 0 spiro atoms. The van der Waals surface area contributed by atoms with Crippen LogP contribution in [-0.4, -0.2) is 0 Å². The summed E-state index contributed by atoms with van der Waals surface area (Å²) in [5, 5.41) is 4.31. The summed E-state index contributed by atoms with van der Waals surface area (Å²) in [6, 6.07) is 10.6. The van der Waals surface area contributed by atoms with Gasteiger partial charge in [-0.3, -0.25) is 0 Å². The van der Waals surface area contributed by atoms with Crippen LogP contribution in [0, 0.1) is 5.92 Å². The first-order valence-electron chi connectivity index (χ1n) is 4.58. The largest absolute Gasteiger partial charge is 0.106 e. The molecule has 0 radical (unpaired) electrons. The average Bonchev–Trinajstić information content (AvgIpc) is 2.23. The number of hydrogen-bond donors (Lipinski definition) is 0. The van der Waals surface area contributed by atoms with Crippen molar-refractivity contribution in [1.82, 2.24) is 0 Å².